The highest BCUT2D eigenvalue weighted by molar-refractivity contribution is 5.99. The van der Waals surface area contributed by atoms with Crippen LogP contribution in [0.4, 0.5) is 11.4 Å². The van der Waals surface area contributed by atoms with Crippen molar-refractivity contribution in [2.45, 2.75) is 45.1 Å². The largest absolute Gasteiger partial charge is 0.459 e. The second-order valence-corrected chi connectivity index (χ2v) is 8.26. The van der Waals surface area contributed by atoms with E-state index in [9.17, 15) is 0 Å². The normalized spacial score (nSPS) is 22.4. The molecule has 0 aromatic heterocycles. The van der Waals surface area contributed by atoms with Crippen LogP contribution in [0.5, 0.6) is 5.75 Å². The third-order valence-corrected chi connectivity index (χ3v) is 6.36. The molecule has 2 unspecified atom stereocenters. The Bertz CT molecular complexity index is 1120. The van der Waals surface area contributed by atoms with Crippen LogP contribution in [-0.4, -0.2) is 24.8 Å². The molecule has 3 aromatic rings. The SMILES string of the molecule is CCOC(C)N1c2ccccc2C(C)(C)C12C=Nc1c(ccc3ccccc13)O2. The van der Waals surface area contributed by atoms with Gasteiger partial charge in [0.2, 0.25) is 5.72 Å². The molecule has 0 N–H and O–H groups in total. The van der Waals surface area contributed by atoms with Crippen LogP contribution in [0.1, 0.15) is 33.3 Å². The molecule has 0 saturated carbocycles. The van der Waals surface area contributed by atoms with Crippen molar-refractivity contribution in [3.05, 3.63) is 66.2 Å². The number of ether oxygens (including phenoxy) is 2. The second kappa shape index (κ2) is 6.33. The predicted octanol–water partition coefficient (Wildman–Crippen LogP) is 5.81. The van der Waals surface area contributed by atoms with Crippen LogP contribution < -0.4 is 9.64 Å². The number of hydrogen-bond donors (Lipinski definition) is 0. The zero-order valence-electron chi connectivity index (χ0n) is 17.3. The summed E-state index contributed by atoms with van der Waals surface area (Å²) < 4.78 is 12.9. The molecular weight excluding hydrogens is 360 g/mol. The Kier molecular flexibility index (Phi) is 3.97. The summed E-state index contributed by atoms with van der Waals surface area (Å²) in [5.41, 5.74) is 2.18. The lowest BCUT2D eigenvalue weighted by Gasteiger charge is -2.48. The fourth-order valence-electron chi connectivity index (χ4n) is 4.86. The van der Waals surface area contributed by atoms with E-state index in [0.29, 0.717) is 6.61 Å². The number of rotatable bonds is 3. The summed E-state index contributed by atoms with van der Waals surface area (Å²) in [5.74, 6) is 0.806. The summed E-state index contributed by atoms with van der Waals surface area (Å²) in [6, 6.07) is 20.9. The third-order valence-electron chi connectivity index (χ3n) is 6.36. The molecule has 0 fully saturated rings. The van der Waals surface area contributed by atoms with E-state index in [2.05, 4.69) is 68.1 Å². The smallest absolute Gasteiger partial charge is 0.230 e. The lowest BCUT2D eigenvalue weighted by atomic mass is 9.77. The zero-order chi connectivity index (χ0) is 20.2. The van der Waals surface area contributed by atoms with Gasteiger partial charge >= 0.3 is 0 Å². The van der Waals surface area contributed by atoms with Crippen molar-refractivity contribution in [3.63, 3.8) is 0 Å². The van der Waals surface area contributed by atoms with Gasteiger partial charge in [-0.05, 0) is 50.8 Å². The minimum atomic E-state index is -0.763. The number of nitrogens with zero attached hydrogens (tertiary/aromatic N) is 2. The average molecular weight is 386 g/mol. The third kappa shape index (κ3) is 2.39. The molecule has 5 rings (SSSR count). The molecular formula is C25H26N2O2. The Hall–Kier alpha value is -2.85. The molecule has 2 aliphatic rings. The Morgan fingerprint density at radius 2 is 1.79 bits per heavy atom. The van der Waals surface area contributed by atoms with Crippen molar-refractivity contribution in [2.24, 2.45) is 4.99 Å². The highest BCUT2D eigenvalue weighted by Gasteiger charge is 2.61. The molecule has 2 atom stereocenters. The first kappa shape index (κ1) is 18.2. The Labute approximate surface area is 171 Å². The van der Waals surface area contributed by atoms with E-state index in [1.807, 2.05) is 31.3 Å². The molecule has 3 aromatic carbocycles. The minimum absolute atomic E-state index is 0.156. The van der Waals surface area contributed by atoms with Crippen LogP contribution in [0.25, 0.3) is 10.8 Å². The van der Waals surface area contributed by atoms with Crippen LogP contribution in [0.2, 0.25) is 0 Å². The van der Waals surface area contributed by atoms with E-state index in [1.54, 1.807) is 0 Å². The first-order valence-electron chi connectivity index (χ1n) is 10.3. The minimum Gasteiger partial charge on any atom is -0.459 e. The molecule has 148 valence electrons. The number of para-hydroxylation sites is 1. The van der Waals surface area contributed by atoms with Crippen molar-refractivity contribution < 1.29 is 9.47 Å². The van der Waals surface area contributed by atoms with Crippen LogP contribution in [-0.2, 0) is 10.2 Å². The first-order valence-corrected chi connectivity index (χ1v) is 10.3. The van der Waals surface area contributed by atoms with Gasteiger partial charge < -0.3 is 14.4 Å². The summed E-state index contributed by atoms with van der Waals surface area (Å²) in [7, 11) is 0. The van der Waals surface area contributed by atoms with Crippen molar-refractivity contribution >= 4 is 28.4 Å². The Morgan fingerprint density at radius 3 is 2.62 bits per heavy atom. The van der Waals surface area contributed by atoms with Crippen LogP contribution in [0, 0.1) is 0 Å². The standard InChI is InChI=1S/C25H26N2O2/c1-5-28-17(2)27-21-13-9-8-12-20(21)24(3,4)25(27)16-26-23-19-11-7-6-10-18(19)14-15-22(23)29-25/h6-17H,5H2,1-4H3. The molecule has 0 radical (unpaired) electrons. The van der Waals surface area contributed by atoms with Gasteiger partial charge in [-0.15, -0.1) is 0 Å². The predicted molar refractivity (Wildman–Crippen MR) is 118 cm³/mol. The van der Waals surface area contributed by atoms with Crippen LogP contribution in [0.3, 0.4) is 0 Å². The highest BCUT2D eigenvalue weighted by Crippen LogP contribution is 2.55. The van der Waals surface area contributed by atoms with Gasteiger partial charge in [0.25, 0.3) is 0 Å². The van der Waals surface area contributed by atoms with Gasteiger partial charge in [0, 0.05) is 17.7 Å². The van der Waals surface area contributed by atoms with E-state index in [4.69, 9.17) is 14.5 Å². The number of fused-ring (bicyclic) bond motifs is 4. The maximum Gasteiger partial charge on any atom is 0.230 e. The van der Waals surface area contributed by atoms with Gasteiger partial charge in [0.1, 0.15) is 17.7 Å². The molecule has 0 bridgehead atoms. The van der Waals surface area contributed by atoms with Crippen molar-refractivity contribution in [1.82, 2.24) is 0 Å². The van der Waals surface area contributed by atoms with E-state index < -0.39 is 5.72 Å². The van der Waals surface area contributed by atoms with Gasteiger partial charge in [-0.2, -0.15) is 0 Å². The molecule has 4 heteroatoms. The van der Waals surface area contributed by atoms with E-state index in [1.165, 1.54) is 5.56 Å². The molecule has 0 amide bonds. The molecule has 2 heterocycles. The number of hydrogen-bond acceptors (Lipinski definition) is 4. The molecule has 1 spiro atoms. The lowest BCUT2D eigenvalue weighted by molar-refractivity contribution is 0.00340. The number of anilines is 1. The van der Waals surface area contributed by atoms with Crippen molar-refractivity contribution in [2.75, 3.05) is 11.5 Å². The molecule has 4 nitrogen and oxygen atoms in total. The van der Waals surface area contributed by atoms with Gasteiger partial charge in [-0.1, -0.05) is 48.5 Å². The maximum atomic E-state index is 6.86. The van der Waals surface area contributed by atoms with E-state index >= 15 is 0 Å². The highest BCUT2D eigenvalue weighted by atomic mass is 16.5. The summed E-state index contributed by atoms with van der Waals surface area (Å²) in [4.78, 5) is 7.22. The van der Waals surface area contributed by atoms with Gasteiger partial charge in [0.15, 0.2) is 0 Å². The molecule has 0 aliphatic carbocycles. The van der Waals surface area contributed by atoms with Crippen molar-refractivity contribution in [1.29, 1.82) is 0 Å². The maximum absolute atomic E-state index is 6.86. The Morgan fingerprint density at radius 1 is 1.03 bits per heavy atom. The van der Waals surface area contributed by atoms with Gasteiger partial charge in [-0.3, -0.25) is 4.99 Å². The number of aliphatic imine (C=N–C) groups is 1. The molecule has 2 aliphatic heterocycles. The molecule has 0 saturated heterocycles. The van der Waals surface area contributed by atoms with Crippen LogP contribution in [0.15, 0.2) is 65.7 Å². The average Bonchev–Trinajstić information content (AvgIpc) is 2.92. The van der Waals surface area contributed by atoms with E-state index in [-0.39, 0.29) is 11.6 Å². The fraction of sp³-hybridized carbons (Fsp3) is 0.320. The van der Waals surface area contributed by atoms with Gasteiger partial charge in [0.05, 0.1) is 11.6 Å². The lowest BCUT2D eigenvalue weighted by Crippen LogP contribution is -2.64. The van der Waals surface area contributed by atoms with E-state index in [0.717, 1.165) is 27.9 Å². The summed E-state index contributed by atoms with van der Waals surface area (Å²) in [6.07, 6.45) is 1.83. The topological polar surface area (TPSA) is 34.1 Å². The summed E-state index contributed by atoms with van der Waals surface area (Å²) in [6.45, 7) is 9.18. The summed E-state index contributed by atoms with van der Waals surface area (Å²) >= 11 is 0. The van der Waals surface area contributed by atoms with Gasteiger partial charge in [-0.25, -0.2) is 0 Å². The fourth-order valence-corrected chi connectivity index (χ4v) is 4.86. The van der Waals surface area contributed by atoms with Crippen molar-refractivity contribution in [3.8, 4) is 5.75 Å². The quantitative estimate of drug-likeness (QED) is 0.569. The number of benzene rings is 3. The zero-order valence-corrected chi connectivity index (χ0v) is 17.3. The first-order chi connectivity index (χ1) is 14.0. The second-order valence-electron chi connectivity index (χ2n) is 8.26. The van der Waals surface area contributed by atoms with Crippen LogP contribution >= 0.6 is 0 Å². The molecule has 29 heavy (non-hydrogen) atoms. The summed E-state index contributed by atoms with van der Waals surface area (Å²) in [5, 5.41) is 2.27. The monoisotopic (exact) mass is 386 g/mol. The Balaban J connectivity index is 1.72.